The van der Waals surface area contributed by atoms with E-state index in [9.17, 15) is 19.5 Å². The number of aromatic nitrogens is 3. The molecule has 1 fully saturated rings. The van der Waals surface area contributed by atoms with Crippen molar-refractivity contribution in [2.75, 3.05) is 18.1 Å². The van der Waals surface area contributed by atoms with Crippen LogP contribution in [-0.4, -0.2) is 50.3 Å². The van der Waals surface area contributed by atoms with Crippen molar-refractivity contribution in [2.45, 2.75) is 46.1 Å². The van der Waals surface area contributed by atoms with Crippen LogP contribution in [0.15, 0.2) is 66.9 Å². The first-order valence-electron chi connectivity index (χ1n) is 14.0. The van der Waals surface area contributed by atoms with Crippen LogP contribution in [-0.2, 0) is 14.3 Å². The van der Waals surface area contributed by atoms with Crippen molar-refractivity contribution in [3.05, 3.63) is 94.4 Å². The van der Waals surface area contributed by atoms with Crippen LogP contribution in [0.1, 0.15) is 64.5 Å². The minimum Gasteiger partial charge on any atom is -0.505 e. The maximum atomic E-state index is 13.8. The number of carbonyl (C=O) groups excluding carboxylic acids is 3. The molecular weight excluding hydrogens is 568 g/mol. The molecule has 1 atom stereocenters. The molecule has 10 nitrogen and oxygen atoms in total. The molecule has 4 heterocycles. The van der Waals surface area contributed by atoms with Gasteiger partial charge in [0, 0.05) is 6.20 Å². The van der Waals surface area contributed by atoms with Crippen molar-refractivity contribution in [1.82, 2.24) is 14.4 Å². The smallest absolute Gasteiger partial charge is 0.350 e. The summed E-state index contributed by atoms with van der Waals surface area (Å²) in [5, 5.41) is 11.9. The number of ketones is 1. The number of carbonyl (C=O) groups is 3. The van der Waals surface area contributed by atoms with Crippen LogP contribution in [0.2, 0.25) is 0 Å². The summed E-state index contributed by atoms with van der Waals surface area (Å²) in [5.41, 5.74) is 2.12. The molecule has 1 aliphatic rings. The number of esters is 1. The van der Waals surface area contributed by atoms with Gasteiger partial charge in [-0.2, -0.15) is 0 Å². The van der Waals surface area contributed by atoms with Crippen molar-refractivity contribution in [3.63, 3.8) is 0 Å². The number of nitrogens with zero attached hydrogens (tertiary/aromatic N) is 4. The summed E-state index contributed by atoms with van der Waals surface area (Å²) in [6.45, 7) is 9.55. The third-order valence-electron chi connectivity index (χ3n) is 7.07. The summed E-state index contributed by atoms with van der Waals surface area (Å²) >= 11 is 0.940. The molecular formula is C32H32N4O6S. The summed E-state index contributed by atoms with van der Waals surface area (Å²) in [6, 6.07) is 11.4. The van der Waals surface area contributed by atoms with Crippen molar-refractivity contribution in [1.29, 1.82) is 0 Å². The normalized spacial score (nSPS) is 16.2. The zero-order chi connectivity index (χ0) is 30.7. The number of thiazole rings is 1. The minimum atomic E-state index is -1.06. The number of hydrogen-bond acceptors (Lipinski definition) is 9. The van der Waals surface area contributed by atoms with Gasteiger partial charge in [-0.1, -0.05) is 62.0 Å². The number of imidazole rings is 1. The second kappa shape index (κ2) is 12.6. The van der Waals surface area contributed by atoms with Crippen molar-refractivity contribution in [2.24, 2.45) is 0 Å². The Balaban J connectivity index is 1.67. The molecule has 0 aliphatic carbocycles. The lowest BCUT2D eigenvalue weighted by Gasteiger charge is -2.23. The van der Waals surface area contributed by atoms with Crippen molar-refractivity contribution in [3.8, 4) is 5.75 Å². The highest BCUT2D eigenvalue weighted by Gasteiger charge is 2.49. The number of aryl methyl sites for hydroxylation is 2. The largest absolute Gasteiger partial charge is 0.505 e. The van der Waals surface area contributed by atoms with E-state index in [1.807, 2.05) is 6.07 Å². The number of pyridine rings is 1. The van der Waals surface area contributed by atoms with E-state index in [1.165, 1.54) is 11.0 Å². The molecule has 4 aromatic rings. The van der Waals surface area contributed by atoms with Gasteiger partial charge in [-0.25, -0.2) is 14.8 Å². The molecule has 0 spiro atoms. The Bertz CT molecular complexity index is 1750. The van der Waals surface area contributed by atoms with Gasteiger partial charge < -0.3 is 14.6 Å². The van der Waals surface area contributed by atoms with Gasteiger partial charge >= 0.3 is 11.9 Å². The predicted octanol–water partition coefficient (Wildman–Crippen LogP) is 5.95. The van der Waals surface area contributed by atoms with E-state index in [-0.39, 0.29) is 27.9 Å². The first kappa shape index (κ1) is 29.7. The second-order valence-electron chi connectivity index (χ2n) is 10.1. The standard InChI is InChI=1S/C32H32N4O6S/c1-5-7-10-17-41-22-13-11-12-21(18-22)26-24(27(37)25-19(3)33-23-14-8-9-15-35(23)25)28(38)30(39)36(26)32-34-20(4)29(43-32)31(40)42-16-6-2/h6,8-9,11-15,18,26,37H,2,5,7,10,16-17H2,1,3-4H3/b27-24+. The zero-order valence-electron chi connectivity index (χ0n) is 24.2. The van der Waals surface area contributed by atoms with Crippen LogP contribution in [0.5, 0.6) is 5.75 Å². The third kappa shape index (κ3) is 5.68. The van der Waals surface area contributed by atoms with Crippen LogP contribution in [0.4, 0.5) is 5.13 Å². The first-order chi connectivity index (χ1) is 20.8. The second-order valence-corrected chi connectivity index (χ2v) is 11.0. The molecule has 1 saturated heterocycles. The molecule has 1 amide bonds. The van der Waals surface area contributed by atoms with Gasteiger partial charge in [0.15, 0.2) is 10.9 Å². The molecule has 1 unspecified atom stereocenters. The molecule has 11 heteroatoms. The van der Waals surface area contributed by atoms with Crippen LogP contribution in [0, 0.1) is 13.8 Å². The van der Waals surface area contributed by atoms with Crippen molar-refractivity contribution < 1.29 is 29.0 Å². The first-order valence-corrected chi connectivity index (χ1v) is 14.8. The SMILES string of the molecule is C=CCOC(=O)c1sc(N2C(=O)C(=O)/C(=C(/O)c3c(C)nc4ccccn34)C2c2cccc(OCCCCC)c2)nc1C. The summed E-state index contributed by atoms with van der Waals surface area (Å²) in [7, 11) is 0. The lowest BCUT2D eigenvalue weighted by Crippen LogP contribution is -2.29. The Morgan fingerprint density at radius 3 is 2.70 bits per heavy atom. The van der Waals surface area contributed by atoms with E-state index in [1.54, 1.807) is 60.8 Å². The maximum Gasteiger partial charge on any atom is 0.350 e. The quantitative estimate of drug-likeness (QED) is 0.0560. The Labute approximate surface area is 252 Å². The average molecular weight is 601 g/mol. The van der Waals surface area contributed by atoms with E-state index < -0.39 is 23.7 Å². The van der Waals surface area contributed by atoms with E-state index in [4.69, 9.17) is 9.47 Å². The molecule has 222 valence electrons. The van der Waals surface area contributed by atoms with Gasteiger partial charge in [0.1, 0.15) is 28.6 Å². The van der Waals surface area contributed by atoms with Gasteiger partial charge in [0.05, 0.1) is 29.6 Å². The van der Waals surface area contributed by atoms with Crippen LogP contribution in [0.25, 0.3) is 11.4 Å². The highest BCUT2D eigenvalue weighted by Crippen LogP contribution is 2.44. The number of rotatable bonds is 11. The average Bonchev–Trinajstić information content (AvgIpc) is 3.63. The molecule has 1 N–H and O–H groups in total. The summed E-state index contributed by atoms with van der Waals surface area (Å²) in [5.74, 6) is -2.18. The van der Waals surface area contributed by atoms with E-state index >= 15 is 0 Å². The van der Waals surface area contributed by atoms with Gasteiger partial charge in [-0.05, 0) is 50.1 Å². The fourth-order valence-corrected chi connectivity index (χ4v) is 6.05. The highest BCUT2D eigenvalue weighted by molar-refractivity contribution is 7.17. The van der Waals surface area contributed by atoms with Crippen LogP contribution >= 0.6 is 11.3 Å². The monoisotopic (exact) mass is 600 g/mol. The number of fused-ring (bicyclic) bond motifs is 1. The Hall–Kier alpha value is -4.77. The number of aliphatic hydroxyl groups is 1. The van der Waals surface area contributed by atoms with E-state index in [2.05, 4.69) is 23.5 Å². The maximum absolute atomic E-state index is 13.8. The summed E-state index contributed by atoms with van der Waals surface area (Å²) < 4.78 is 12.8. The van der Waals surface area contributed by atoms with Crippen LogP contribution in [0.3, 0.4) is 0 Å². The Morgan fingerprint density at radius 2 is 1.93 bits per heavy atom. The Kier molecular flexibility index (Phi) is 8.72. The minimum absolute atomic E-state index is 0.0136. The molecule has 0 radical (unpaired) electrons. The topological polar surface area (TPSA) is 123 Å². The zero-order valence-corrected chi connectivity index (χ0v) is 25.0. The highest BCUT2D eigenvalue weighted by atomic mass is 32.1. The fraction of sp³-hybridized carbons (Fsp3) is 0.281. The van der Waals surface area contributed by atoms with Gasteiger partial charge in [-0.3, -0.25) is 18.9 Å². The van der Waals surface area contributed by atoms with Gasteiger partial charge in [0.2, 0.25) is 0 Å². The molecule has 1 aromatic carbocycles. The molecule has 0 bridgehead atoms. The van der Waals surface area contributed by atoms with Gasteiger partial charge in [-0.15, -0.1) is 0 Å². The van der Waals surface area contributed by atoms with Crippen molar-refractivity contribution >= 4 is 45.5 Å². The van der Waals surface area contributed by atoms with E-state index in [0.717, 1.165) is 30.6 Å². The lowest BCUT2D eigenvalue weighted by atomic mass is 9.96. The number of aliphatic hydroxyl groups excluding tert-OH is 1. The van der Waals surface area contributed by atoms with E-state index in [0.29, 0.717) is 40.6 Å². The molecule has 3 aromatic heterocycles. The number of Topliss-reactive ketones (excluding diaryl/α,β-unsaturated/α-hetero) is 1. The molecule has 1 aliphatic heterocycles. The number of benzene rings is 1. The molecule has 43 heavy (non-hydrogen) atoms. The third-order valence-corrected chi connectivity index (χ3v) is 8.21. The number of unbranched alkanes of at least 4 members (excludes halogenated alkanes) is 2. The Morgan fingerprint density at radius 1 is 1.12 bits per heavy atom. The lowest BCUT2D eigenvalue weighted by molar-refractivity contribution is -0.132. The number of anilines is 1. The van der Waals surface area contributed by atoms with Gasteiger partial charge in [0.25, 0.3) is 5.78 Å². The fourth-order valence-electron chi connectivity index (χ4n) is 5.06. The number of ether oxygens (including phenoxy) is 2. The summed E-state index contributed by atoms with van der Waals surface area (Å²) in [4.78, 5) is 50.6. The molecule has 5 rings (SSSR count). The number of amides is 1. The number of hydrogen-bond donors (Lipinski definition) is 1. The van der Waals surface area contributed by atoms with Crippen LogP contribution < -0.4 is 9.64 Å². The predicted molar refractivity (Wildman–Crippen MR) is 164 cm³/mol. The molecule has 0 saturated carbocycles. The summed E-state index contributed by atoms with van der Waals surface area (Å²) in [6.07, 6.45) is 6.14.